The summed E-state index contributed by atoms with van der Waals surface area (Å²) in [7, 11) is 1.40. The number of ether oxygens (including phenoxy) is 2. The Morgan fingerprint density at radius 3 is 2.82 bits per heavy atom. The maximum absolute atomic E-state index is 12.6. The molecule has 0 radical (unpaired) electrons. The lowest BCUT2D eigenvalue weighted by atomic mass is 10.0. The van der Waals surface area contributed by atoms with Crippen LogP contribution in [-0.4, -0.2) is 37.3 Å². The summed E-state index contributed by atoms with van der Waals surface area (Å²) in [6.07, 6.45) is -3.87. The topological polar surface area (TPSA) is 60.5 Å². The highest BCUT2D eigenvalue weighted by Gasteiger charge is 2.33. The number of alkyl halides is 3. The number of carbonyl (C=O) groups is 1. The van der Waals surface area contributed by atoms with Crippen molar-refractivity contribution < 1.29 is 27.4 Å². The molecule has 122 valence electrons. The third-order valence-corrected chi connectivity index (χ3v) is 3.92. The van der Waals surface area contributed by atoms with E-state index in [2.05, 4.69) is 26.2 Å². The SMILES string of the molecule is COC(C(=O)Nc1ncc(C(F)(F)F)cc1Br)C1CCOC1. The van der Waals surface area contributed by atoms with Crippen molar-refractivity contribution in [1.82, 2.24) is 4.98 Å². The highest BCUT2D eigenvalue weighted by atomic mass is 79.9. The van der Waals surface area contributed by atoms with Gasteiger partial charge in [0.15, 0.2) is 0 Å². The molecule has 2 unspecified atom stereocenters. The third kappa shape index (κ3) is 3.96. The first-order valence-electron chi connectivity index (χ1n) is 6.47. The zero-order chi connectivity index (χ0) is 16.3. The lowest BCUT2D eigenvalue weighted by molar-refractivity contribution is -0.137. The predicted molar refractivity (Wildman–Crippen MR) is 75.3 cm³/mol. The third-order valence-electron chi connectivity index (χ3n) is 3.32. The van der Waals surface area contributed by atoms with Crippen molar-refractivity contribution in [2.75, 3.05) is 25.6 Å². The zero-order valence-electron chi connectivity index (χ0n) is 11.6. The zero-order valence-corrected chi connectivity index (χ0v) is 13.2. The Bertz CT molecular complexity index is 548. The molecule has 5 nitrogen and oxygen atoms in total. The molecule has 2 rings (SSSR count). The van der Waals surface area contributed by atoms with E-state index in [0.29, 0.717) is 25.8 Å². The van der Waals surface area contributed by atoms with Crippen LogP contribution in [0.1, 0.15) is 12.0 Å². The number of anilines is 1. The van der Waals surface area contributed by atoms with Gasteiger partial charge in [0.1, 0.15) is 11.9 Å². The van der Waals surface area contributed by atoms with Crippen molar-refractivity contribution in [3.63, 3.8) is 0 Å². The van der Waals surface area contributed by atoms with Crippen LogP contribution in [0.4, 0.5) is 19.0 Å². The van der Waals surface area contributed by atoms with Gasteiger partial charge in [-0.25, -0.2) is 4.98 Å². The highest BCUT2D eigenvalue weighted by Crippen LogP contribution is 2.32. The van der Waals surface area contributed by atoms with E-state index >= 15 is 0 Å². The molecular weight excluding hydrogens is 369 g/mol. The number of nitrogens with zero attached hydrogens (tertiary/aromatic N) is 1. The van der Waals surface area contributed by atoms with E-state index in [-0.39, 0.29) is 16.2 Å². The number of pyridine rings is 1. The van der Waals surface area contributed by atoms with Gasteiger partial charge in [0.25, 0.3) is 5.91 Å². The molecule has 0 aliphatic carbocycles. The van der Waals surface area contributed by atoms with Crippen LogP contribution in [0.2, 0.25) is 0 Å². The maximum atomic E-state index is 12.6. The molecule has 1 aliphatic heterocycles. The van der Waals surface area contributed by atoms with Crippen LogP contribution in [0.15, 0.2) is 16.7 Å². The molecule has 1 N–H and O–H groups in total. The van der Waals surface area contributed by atoms with Gasteiger partial charge in [-0.05, 0) is 28.4 Å². The van der Waals surface area contributed by atoms with Crippen LogP contribution < -0.4 is 5.32 Å². The Morgan fingerprint density at radius 2 is 2.32 bits per heavy atom. The quantitative estimate of drug-likeness (QED) is 0.869. The molecule has 0 aromatic carbocycles. The minimum absolute atomic E-state index is 0.0129. The number of aromatic nitrogens is 1. The van der Waals surface area contributed by atoms with Gasteiger partial charge in [-0.1, -0.05) is 0 Å². The summed E-state index contributed by atoms with van der Waals surface area (Å²) in [5.41, 5.74) is -0.898. The minimum atomic E-state index is -4.49. The molecular formula is C13H14BrF3N2O3. The van der Waals surface area contributed by atoms with Gasteiger partial charge in [0, 0.05) is 25.8 Å². The van der Waals surface area contributed by atoms with Gasteiger partial charge >= 0.3 is 6.18 Å². The molecule has 0 saturated carbocycles. The first kappa shape index (κ1) is 17.2. The molecule has 2 heterocycles. The molecule has 1 aliphatic rings. The van der Waals surface area contributed by atoms with Crippen molar-refractivity contribution in [3.05, 3.63) is 22.3 Å². The van der Waals surface area contributed by atoms with Gasteiger partial charge in [-0.2, -0.15) is 13.2 Å². The fourth-order valence-electron chi connectivity index (χ4n) is 2.18. The standard InChI is InChI=1S/C13H14BrF3N2O3/c1-21-10(7-2-3-22-6-7)12(20)19-11-9(14)4-8(5-18-11)13(15,16)17/h4-5,7,10H,2-3,6H2,1H3,(H,18,19,20). The summed E-state index contributed by atoms with van der Waals surface area (Å²) < 4.78 is 48.1. The van der Waals surface area contributed by atoms with E-state index in [1.54, 1.807) is 0 Å². The molecule has 22 heavy (non-hydrogen) atoms. The summed E-state index contributed by atoms with van der Waals surface area (Å²) in [4.78, 5) is 15.8. The van der Waals surface area contributed by atoms with Crippen LogP contribution >= 0.6 is 15.9 Å². The average Bonchev–Trinajstić information content (AvgIpc) is 2.94. The monoisotopic (exact) mass is 382 g/mol. The fraction of sp³-hybridized carbons (Fsp3) is 0.538. The van der Waals surface area contributed by atoms with E-state index < -0.39 is 23.8 Å². The first-order valence-corrected chi connectivity index (χ1v) is 7.26. The lowest BCUT2D eigenvalue weighted by Crippen LogP contribution is -2.36. The van der Waals surface area contributed by atoms with E-state index in [4.69, 9.17) is 9.47 Å². The predicted octanol–water partition coefficient (Wildman–Crippen LogP) is 2.85. The van der Waals surface area contributed by atoms with Gasteiger partial charge < -0.3 is 14.8 Å². The normalized spacial score (nSPS) is 20.0. The summed E-state index contributed by atoms with van der Waals surface area (Å²) in [6.45, 7) is 0.966. The Balaban J connectivity index is 2.10. The molecule has 1 amide bonds. The second kappa shape index (κ2) is 6.93. The number of amides is 1. The van der Waals surface area contributed by atoms with Crippen LogP contribution in [0.3, 0.4) is 0 Å². The van der Waals surface area contributed by atoms with Gasteiger partial charge in [-0.15, -0.1) is 0 Å². The molecule has 1 saturated heterocycles. The number of halogens is 4. The summed E-state index contributed by atoms with van der Waals surface area (Å²) in [5.74, 6) is -0.539. The van der Waals surface area contributed by atoms with Gasteiger partial charge in [-0.3, -0.25) is 4.79 Å². The minimum Gasteiger partial charge on any atom is -0.381 e. The highest BCUT2D eigenvalue weighted by molar-refractivity contribution is 9.10. The Hall–Kier alpha value is -1.19. The molecule has 0 bridgehead atoms. The number of nitrogens with one attached hydrogen (secondary N) is 1. The molecule has 1 fully saturated rings. The number of methoxy groups -OCH3 is 1. The number of hydrogen-bond donors (Lipinski definition) is 1. The Morgan fingerprint density at radius 1 is 1.59 bits per heavy atom. The number of hydrogen-bond acceptors (Lipinski definition) is 4. The molecule has 9 heteroatoms. The summed E-state index contributed by atoms with van der Waals surface area (Å²) in [6, 6.07) is 0.864. The van der Waals surface area contributed by atoms with Crippen molar-refractivity contribution in [2.45, 2.75) is 18.7 Å². The van der Waals surface area contributed by atoms with Crippen LogP contribution in [0.25, 0.3) is 0 Å². The molecule has 2 atom stereocenters. The van der Waals surface area contributed by atoms with Crippen molar-refractivity contribution in [1.29, 1.82) is 0 Å². The van der Waals surface area contributed by atoms with Gasteiger partial charge in [0.05, 0.1) is 16.6 Å². The first-order chi connectivity index (χ1) is 10.3. The molecule has 1 aromatic heterocycles. The van der Waals surface area contributed by atoms with E-state index in [0.717, 1.165) is 6.07 Å². The molecule has 1 aromatic rings. The van der Waals surface area contributed by atoms with Crippen LogP contribution in [0.5, 0.6) is 0 Å². The van der Waals surface area contributed by atoms with Crippen molar-refractivity contribution in [3.8, 4) is 0 Å². The van der Waals surface area contributed by atoms with E-state index in [1.807, 2.05) is 0 Å². The Kier molecular flexibility index (Phi) is 5.41. The number of carbonyl (C=O) groups excluding carboxylic acids is 1. The average molecular weight is 383 g/mol. The Labute approximate surface area is 133 Å². The van der Waals surface area contributed by atoms with E-state index in [1.165, 1.54) is 7.11 Å². The summed E-state index contributed by atoms with van der Waals surface area (Å²) >= 11 is 2.98. The lowest BCUT2D eigenvalue weighted by Gasteiger charge is -2.20. The fourth-order valence-corrected chi connectivity index (χ4v) is 2.63. The number of rotatable bonds is 4. The van der Waals surface area contributed by atoms with Crippen LogP contribution in [0, 0.1) is 5.92 Å². The second-order valence-corrected chi connectivity index (χ2v) is 5.68. The van der Waals surface area contributed by atoms with E-state index in [9.17, 15) is 18.0 Å². The van der Waals surface area contributed by atoms with Crippen LogP contribution in [-0.2, 0) is 20.4 Å². The molecule has 0 spiro atoms. The van der Waals surface area contributed by atoms with Crippen molar-refractivity contribution in [2.24, 2.45) is 5.92 Å². The van der Waals surface area contributed by atoms with Crippen molar-refractivity contribution >= 4 is 27.7 Å². The smallest absolute Gasteiger partial charge is 0.381 e. The largest absolute Gasteiger partial charge is 0.417 e. The maximum Gasteiger partial charge on any atom is 0.417 e. The van der Waals surface area contributed by atoms with Gasteiger partial charge in [0.2, 0.25) is 0 Å². The summed E-state index contributed by atoms with van der Waals surface area (Å²) in [5, 5.41) is 2.47. The second-order valence-electron chi connectivity index (χ2n) is 4.82.